The second kappa shape index (κ2) is 9.64. The zero-order valence-electron chi connectivity index (χ0n) is 14.2. The number of hydrogen-bond donors (Lipinski definition) is 1. The summed E-state index contributed by atoms with van der Waals surface area (Å²) in [5.41, 5.74) is 0. The van der Waals surface area contributed by atoms with Gasteiger partial charge in [0, 0.05) is 45.7 Å². The van der Waals surface area contributed by atoms with Crippen molar-refractivity contribution in [3.63, 3.8) is 0 Å². The normalized spacial score (nSPS) is 15.3. The van der Waals surface area contributed by atoms with Gasteiger partial charge in [0.2, 0.25) is 0 Å². The summed E-state index contributed by atoms with van der Waals surface area (Å²) in [7, 11) is 0. The molecule has 1 saturated heterocycles. The average molecular weight is 334 g/mol. The predicted octanol–water partition coefficient (Wildman–Crippen LogP) is 1.73. The summed E-state index contributed by atoms with van der Waals surface area (Å²) in [6.07, 6.45) is 3.99. The van der Waals surface area contributed by atoms with Crippen molar-refractivity contribution in [3.8, 4) is 0 Å². The molecule has 24 heavy (non-hydrogen) atoms. The Balaban J connectivity index is 1.88. The summed E-state index contributed by atoms with van der Waals surface area (Å²) in [4.78, 5) is 20.3. The first-order valence-electron chi connectivity index (χ1n) is 8.32. The number of nitrogens with one attached hydrogen (secondary N) is 1. The second-order valence-electron chi connectivity index (χ2n) is 5.38. The molecule has 0 atom stereocenters. The van der Waals surface area contributed by atoms with Gasteiger partial charge in [-0.1, -0.05) is 6.08 Å². The maximum atomic E-state index is 11.8. The highest BCUT2D eigenvalue weighted by Crippen LogP contribution is 2.05. The van der Waals surface area contributed by atoms with Gasteiger partial charge in [0.05, 0.1) is 12.9 Å². The minimum absolute atomic E-state index is 0.243. The average Bonchev–Trinajstić information content (AvgIpc) is 3.12. The van der Waals surface area contributed by atoms with Gasteiger partial charge < -0.3 is 24.3 Å². The van der Waals surface area contributed by atoms with Crippen LogP contribution in [-0.4, -0.2) is 67.7 Å². The van der Waals surface area contributed by atoms with E-state index < -0.39 is 0 Å². The van der Waals surface area contributed by atoms with Gasteiger partial charge in [0.1, 0.15) is 5.76 Å². The Morgan fingerprint density at radius 3 is 2.79 bits per heavy atom. The SMILES string of the molecule is C=CCNC(=NCCc1ccco1)N1CCN(C(=O)OCC)CC1. The first-order chi connectivity index (χ1) is 11.7. The zero-order valence-corrected chi connectivity index (χ0v) is 14.2. The molecule has 1 aliphatic heterocycles. The fourth-order valence-corrected chi connectivity index (χ4v) is 2.47. The van der Waals surface area contributed by atoms with E-state index in [0.29, 0.717) is 32.8 Å². The van der Waals surface area contributed by atoms with Gasteiger partial charge in [-0.25, -0.2) is 4.79 Å². The molecule has 1 aromatic heterocycles. The van der Waals surface area contributed by atoms with Gasteiger partial charge in [-0.05, 0) is 19.1 Å². The van der Waals surface area contributed by atoms with E-state index in [4.69, 9.17) is 9.15 Å². The second-order valence-corrected chi connectivity index (χ2v) is 5.38. The monoisotopic (exact) mass is 334 g/mol. The van der Waals surface area contributed by atoms with Gasteiger partial charge in [-0.2, -0.15) is 0 Å². The molecule has 0 spiro atoms. The quantitative estimate of drug-likeness (QED) is 0.487. The third-order valence-electron chi connectivity index (χ3n) is 3.71. The van der Waals surface area contributed by atoms with E-state index in [9.17, 15) is 4.79 Å². The van der Waals surface area contributed by atoms with Crippen molar-refractivity contribution in [2.45, 2.75) is 13.3 Å². The summed E-state index contributed by atoms with van der Waals surface area (Å²) < 4.78 is 10.4. The van der Waals surface area contributed by atoms with Crippen LogP contribution in [0.1, 0.15) is 12.7 Å². The molecule has 1 aliphatic rings. The Morgan fingerprint density at radius 1 is 1.42 bits per heavy atom. The highest BCUT2D eigenvalue weighted by Gasteiger charge is 2.23. The van der Waals surface area contributed by atoms with Crippen LogP contribution in [0, 0.1) is 0 Å². The number of hydrogen-bond acceptors (Lipinski definition) is 4. The van der Waals surface area contributed by atoms with Crippen LogP contribution in [0.15, 0.2) is 40.5 Å². The number of guanidine groups is 1. The molecule has 1 amide bonds. The zero-order chi connectivity index (χ0) is 17.2. The molecule has 0 aromatic carbocycles. The lowest BCUT2D eigenvalue weighted by Gasteiger charge is -2.35. The van der Waals surface area contributed by atoms with Gasteiger partial charge >= 0.3 is 6.09 Å². The molecule has 0 aliphatic carbocycles. The summed E-state index contributed by atoms with van der Waals surface area (Å²) in [6.45, 7) is 9.96. The molecule has 2 heterocycles. The Kier molecular flexibility index (Phi) is 7.20. The van der Waals surface area contributed by atoms with E-state index in [1.807, 2.05) is 19.1 Å². The minimum Gasteiger partial charge on any atom is -0.469 e. The minimum atomic E-state index is -0.243. The van der Waals surface area contributed by atoms with E-state index in [2.05, 4.69) is 21.8 Å². The molecule has 0 bridgehead atoms. The summed E-state index contributed by atoms with van der Waals surface area (Å²) in [5, 5.41) is 3.28. The molecule has 132 valence electrons. The maximum absolute atomic E-state index is 11.8. The standard InChI is InChI=1S/C17H26N4O3/c1-3-8-18-16(19-9-7-15-6-5-14-24-15)20-10-12-21(13-11-20)17(22)23-4-2/h3,5-6,14H,1,4,7-13H2,2H3,(H,18,19). The lowest BCUT2D eigenvalue weighted by atomic mass is 10.3. The van der Waals surface area contributed by atoms with Crippen LogP contribution in [0.2, 0.25) is 0 Å². The molecule has 7 heteroatoms. The number of ether oxygens (including phenoxy) is 1. The molecule has 1 fully saturated rings. The van der Waals surface area contributed by atoms with Crippen molar-refractivity contribution in [1.29, 1.82) is 0 Å². The van der Waals surface area contributed by atoms with Crippen molar-refractivity contribution in [2.75, 3.05) is 45.9 Å². The van der Waals surface area contributed by atoms with Crippen LogP contribution in [0.25, 0.3) is 0 Å². The van der Waals surface area contributed by atoms with Gasteiger partial charge in [0.15, 0.2) is 5.96 Å². The number of carbonyl (C=O) groups excluding carboxylic acids is 1. The molecule has 1 N–H and O–H groups in total. The lowest BCUT2D eigenvalue weighted by molar-refractivity contribution is 0.0915. The van der Waals surface area contributed by atoms with Crippen LogP contribution in [0.5, 0.6) is 0 Å². The van der Waals surface area contributed by atoms with E-state index >= 15 is 0 Å². The summed E-state index contributed by atoms with van der Waals surface area (Å²) in [5.74, 6) is 1.76. The molecular weight excluding hydrogens is 308 g/mol. The number of aliphatic imine (C=N–C) groups is 1. The number of rotatable bonds is 6. The maximum Gasteiger partial charge on any atom is 0.409 e. The first-order valence-corrected chi connectivity index (χ1v) is 8.32. The smallest absolute Gasteiger partial charge is 0.409 e. The summed E-state index contributed by atoms with van der Waals surface area (Å²) >= 11 is 0. The third kappa shape index (κ3) is 5.33. The van der Waals surface area contributed by atoms with Crippen LogP contribution in [0.4, 0.5) is 4.79 Å². The highest BCUT2D eigenvalue weighted by atomic mass is 16.6. The van der Waals surface area contributed by atoms with E-state index in [-0.39, 0.29) is 6.09 Å². The largest absolute Gasteiger partial charge is 0.469 e. The third-order valence-corrected chi connectivity index (χ3v) is 3.71. The fourth-order valence-electron chi connectivity index (χ4n) is 2.47. The highest BCUT2D eigenvalue weighted by molar-refractivity contribution is 5.80. The number of amides is 1. The number of carbonyl (C=O) groups is 1. The number of furan rings is 1. The van der Waals surface area contributed by atoms with Crippen LogP contribution >= 0.6 is 0 Å². The Bertz CT molecular complexity index is 534. The molecule has 0 unspecified atom stereocenters. The van der Waals surface area contributed by atoms with E-state index in [1.54, 1.807) is 17.2 Å². The Labute approximate surface area is 143 Å². The van der Waals surface area contributed by atoms with Gasteiger partial charge in [-0.3, -0.25) is 4.99 Å². The van der Waals surface area contributed by atoms with Crippen LogP contribution in [-0.2, 0) is 11.2 Å². The topological polar surface area (TPSA) is 70.3 Å². The lowest BCUT2D eigenvalue weighted by Crippen LogP contribution is -2.54. The molecule has 2 rings (SSSR count). The van der Waals surface area contributed by atoms with Crippen molar-refractivity contribution in [2.24, 2.45) is 4.99 Å². The number of nitrogens with zero attached hydrogens (tertiary/aromatic N) is 3. The molecule has 1 aromatic rings. The number of piperazine rings is 1. The fraction of sp³-hybridized carbons (Fsp3) is 0.529. The Hall–Kier alpha value is -2.44. The van der Waals surface area contributed by atoms with Crippen molar-refractivity contribution in [3.05, 3.63) is 36.8 Å². The van der Waals surface area contributed by atoms with Crippen molar-refractivity contribution < 1.29 is 13.9 Å². The van der Waals surface area contributed by atoms with Crippen LogP contribution in [0.3, 0.4) is 0 Å². The van der Waals surface area contributed by atoms with E-state index in [0.717, 1.165) is 31.2 Å². The van der Waals surface area contributed by atoms with Crippen molar-refractivity contribution in [1.82, 2.24) is 15.1 Å². The van der Waals surface area contributed by atoms with Gasteiger partial charge in [-0.15, -0.1) is 6.58 Å². The van der Waals surface area contributed by atoms with Gasteiger partial charge in [0.25, 0.3) is 0 Å². The predicted molar refractivity (Wildman–Crippen MR) is 93.1 cm³/mol. The summed E-state index contributed by atoms with van der Waals surface area (Å²) in [6, 6.07) is 3.83. The van der Waals surface area contributed by atoms with Crippen LogP contribution < -0.4 is 5.32 Å². The van der Waals surface area contributed by atoms with Crippen molar-refractivity contribution >= 4 is 12.1 Å². The molecule has 0 radical (unpaired) electrons. The molecule has 7 nitrogen and oxygen atoms in total. The molecular formula is C17H26N4O3. The molecule has 0 saturated carbocycles. The Morgan fingerprint density at radius 2 is 2.17 bits per heavy atom. The first kappa shape index (κ1) is 17.9. The van der Waals surface area contributed by atoms with E-state index in [1.165, 1.54) is 0 Å².